The van der Waals surface area contributed by atoms with Crippen LogP contribution in [0.2, 0.25) is 0 Å². The Morgan fingerprint density at radius 1 is 1.14 bits per heavy atom. The van der Waals surface area contributed by atoms with Crippen molar-refractivity contribution in [3.8, 4) is 11.5 Å². The predicted molar refractivity (Wildman–Crippen MR) is 81.2 cm³/mol. The highest BCUT2D eigenvalue weighted by Crippen LogP contribution is 2.32. The molecule has 0 radical (unpaired) electrons. The van der Waals surface area contributed by atoms with E-state index in [1.165, 1.54) is 12.2 Å². The molecule has 0 aliphatic carbocycles. The van der Waals surface area contributed by atoms with Crippen LogP contribution in [0.4, 0.5) is 4.39 Å². The third kappa shape index (κ3) is 3.30. The number of nitrogens with zero attached hydrogens (tertiary/aromatic N) is 1. The van der Waals surface area contributed by atoms with E-state index in [0.717, 1.165) is 24.8 Å². The molecule has 0 saturated carbocycles. The maximum absolute atomic E-state index is 13.9. The minimum absolute atomic E-state index is 0.224. The van der Waals surface area contributed by atoms with E-state index >= 15 is 0 Å². The first-order chi connectivity index (χ1) is 10.7. The molecule has 3 rings (SSSR count). The lowest BCUT2D eigenvalue weighted by Gasteiger charge is -2.25. The van der Waals surface area contributed by atoms with Gasteiger partial charge >= 0.3 is 0 Å². The Morgan fingerprint density at radius 2 is 1.91 bits per heavy atom. The molecule has 2 aliphatic heterocycles. The summed E-state index contributed by atoms with van der Waals surface area (Å²) < 4.78 is 24.4. The summed E-state index contributed by atoms with van der Waals surface area (Å²) in [5.74, 6) is 0.143. The van der Waals surface area contributed by atoms with Gasteiger partial charge in [0.2, 0.25) is 6.79 Å². The summed E-state index contributed by atoms with van der Waals surface area (Å²) >= 11 is 0. The second-order valence-electron chi connectivity index (χ2n) is 5.34. The van der Waals surface area contributed by atoms with Gasteiger partial charge in [0.05, 0.1) is 0 Å². The molecule has 0 spiro atoms. The predicted octanol–water partition coefficient (Wildman–Crippen LogP) is 3.29. The summed E-state index contributed by atoms with van der Waals surface area (Å²) in [7, 11) is 0. The quantitative estimate of drug-likeness (QED) is 0.635. The van der Waals surface area contributed by atoms with E-state index in [2.05, 4.69) is 0 Å². The number of carbonyl (C=O) groups excluding carboxylic acids is 1. The SMILES string of the molecule is O=C(/C(F)=C/C=C/c1ccc2c(c1)OCO2)N1CCCCC1. The lowest BCUT2D eigenvalue weighted by atomic mass is 10.1. The van der Waals surface area contributed by atoms with E-state index in [1.807, 2.05) is 12.1 Å². The molecule has 116 valence electrons. The first kappa shape index (κ1) is 14.6. The number of fused-ring (bicyclic) bond motifs is 1. The second kappa shape index (κ2) is 6.64. The van der Waals surface area contributed by atoms with Gasteiger partial charge in [-0.1, -0.05) is 18.2 Å². The fourth-order valence-corrected chi connectivity index (χ4v) is 2.58. The molecule has 0 N–H and O–H groups in total. The highest BCUT2D eigenvalue weighted by atomic mass is 19.1. The lowest BCUT2D eigenvalue weighted by Crippen LogP contribution is -2.35. The summed E-state index contributed by atoms with van der Waals surface area (Å²) in [5.41, 5.74) is 0.860. The van der Waals surface area contributed by atoms with E-state index < -0.39 is 11.7 Å². The fraction of sp³-hybridized carbons (Fsp3) is 0.353. The molecule has 4 nitrogen and oxygen atoms in total. The van der Waals surface area contributed by atoms with E-state index in [9.17, 15) is 9.18 Å². The van der Waals surface area contributed by atoms with Gasteiger partial charge in [0.25, 0.3) is 5.91 Å². The summed E-state index contributed by atoms with van der Waals surface area (Å²) in [6.45, 7) is 1.51. The molecule has 0 atom stereocenters. The van der Waals surface area contributed by atoms with Crippen LogP contribution in [-0.4, -0.2) is 30.7 Å². The number of piperidine rings is 1. The van der Waals surface area contributed by atoms with Crippen molar-refractivity contribution in [2.75, 3.05) is 19.9 Å². The molecule has 1 amide bonds. The molecule has 22 heavy (non-hydrogen) atoms. The Kier molecular flexibility index (Phi) is 4.42. The number of likely N-dealkylation sites (tertiary alicyclic amines) is 1. The Balaban J connectivity index is 1.63. The number of hydrogen-bond donors (Lipinski definition) is 0. The van der Waals surface area contributed by atoms with Crippen LogP contribution in [0, 0.1) is 0 Å². The van der Waals surface area contributed by atoms with Crippen LogP contribution in [0.3, 0.4) is 0 Å². The molecule has 1 aromatic carbocycles. The number of carbonyl (C=O) groups is 1. The van der Waals surface area contributed by atoms with E-state index in [1.54, 1.807) is 17.0 Å². The van der Waals surface area contributed by atoms with Gasteiger partial charge in [-0.3, -0.25) is 4.79 Å². The molecule has 5 heteroatoms. The highest BCUT2D eigenvalue weighted by Gasteiger charge is 2.19. The lowest BCUT2D eigenvalue weighted by molar-refractivity contribution is -0.129. The molecule has 0 unspecified atom stereocenters. The van der Waals surface area contributed by atoms with Gasteiger partial charge in [0.15, 0.2) is 17.3 Å². The second-order valence-corrected chi connectivity index (χ2v) is 5.34. The van der Waals surface area contributed by atoms with E-state index in [0.29, 0.717) is 24.6 Å². The Morgan fingerprint density at radius 3 is 2.73 bits per heavy atom. The van der Waals surface area contributed by atoms with Crippen molar-refractivity contribution in [2.24, 2.45) is 0 Å². The van der Waals surface area contributed by atoms with Crippen LogP contribution < -0.4 is 9.47 Å². The zero-order valence-corrected chi connectivity index (χ0v) is 12.3. The largest absolute Gasteiger partial charge is 0.454 e. The smallest absolute Gasteiger partial charge is 0.282 e. The molecule has 2 aliphatic rings. The van der Waals surface area contributed by atoms with Crippen LogP contribution in [0.5, 0.6) is 11.5 Å². The van der Waals surface area contributed by atoms with Crippen LogP contribution >= 0.6 is 0 Å². The number of hydrogen-bond acceptors (Lipinski definition) is 3. The van der Waals surface area contributed by atoms with Gasteiger partial charge < -0.3 is 14.4 Å². The summed E-state index contributed by atoms with van der Waals surface area (Å²) in [5, 5.41) is 0. The zero-order chi connectivity index (χ0) is 15.4. The zero-order valence-electron chi connectivity index (χ0n) is 12.3. The highest BCUT2D eigenvalue weighted by molar-refractivity contribution is 5.91. The summed E-state index contributed by atoms with van der Waals surface area (Å²) in [4.78, 5) is 13.5. The van der Waals surface area contributed by atoms with Crippen LogP contribution in [0.25, 0.3) is 6.08 Å². The first-order valence-corrected chi connectivity index (χ1v) is 7.47. The standard InChI is InChI=1S/C17H18FNO3/c18-14(17(20)19-9-2-1-3-10-19)6-4-5-13-7-8-15-16(11-13)22-12-21-15/h4-8,11H,1-3,9-10,12H2/b5-4+,14-6-. The number of halogens is 1. The molecule has 0 aromatic heterocycles. The topological polar surface area (TPSA) is 38.8 Å². The van der Waals surface area contributed by atoms with Crippen LogP contribution in [0.15, 0.2) is 36.2 Å². The third-order valence-corrected chi connectivity index (χ3v) is 3.78. The molecule has 0 bridgehead atoms. The van der Waals surface area contributed by atoms with Gasteiger partial charge in [0.1, 0.15) is 0 Å². The molecule has 1 fully saturated rings. The van der Waals surface area contributed by atoms with Gasteiger partial charge in [0, 0.05) is 13.1 Å². The number of allylic oxidation sites excluding steroid dienone is 2. The molecule has 1 aromatic rings. The summed E-state index contributed by atoms with van der Waals surface area (Å²) in [6.07, 6.45) is 7.48. The third-order valence-electron chi connectivity index (χ3n) is 3.78. The Bertz CT molecular complexity index is 618. The van der Waals surface area contributed by atoms with Crippen LogP contribution in [0.1, 0.15) is 24.8 Å². The van der Waals surface area contributed by atoms with E-state index in [-0.39, 0.29) is 6.79 Å². The number of ether oxygens (including phenoxy) is 2. The minimum atomic E-state index is -0.723. The Hall–Kier alpha value is -2.30. The Labute approximate surface area is 128 Å². The molecule has 2 heterocycles. The van der Waals surface area contributed by atoms with Crippen molar-refractivity contribution in [2.45, 2.75) is 19.3 Å². The normalized spacial score (nSPS) is 18.0. The summed E-state index contributed by atoms with van der Waals surface area (Å²) in [6, 6.07) is 5.47. The van der Waals surface area contributed by atoms with Crippen LogP contribution in [-0.2, 0) is 4.79 Å². The van der Waals surface area contributed by atoms with Crippen molar-refractivity contribution < 1.29 is 18.7 Å². The number of amides is 1. The maximum atomic E-state index is 13.9. The number of benzene rings is 1. The maximum Gasteiger partial charge on any atom is 0.282 e. The van der Waals surface area contributed by atoms with Crippen molar-refractivity contribution in [3.63, 3.8) is 0 Å². The van der Waals surface area contributed by atoms with Crippen molar-refractivity contribution >= 4 is 12.0 Å². The van der Waals surface area contributed by atoms with Crippen molar-refractivity contribution in [3.05, 3.63) is 41.7 Å². The fourth-order valence-electron chi connectivity index (χ4n) is 2.58. The monoisotopic (exact) mass is 303 g/mol. The van der Waals surface area contributed by atoms with Gasteiger partial charge in [-0.25, -0.2) is 4.39 Å². The van der Waals surface area contributed by atoms with Gasteiger partial charge in [-0.05, 0) is 43.0 Å². The molecule has 1 saturated heterocycles. The first-order valence-electron chi connectivity index (χ1n) is 7.47. The average molecular weight is 303 g/mol. The molecular weight excluding hydrogens is 285 g/mol. The van der Waals surface area contributed by atoms with Gasteiger partial charge in [-0.2, -0.15) is 0 Å². The molecular formula is C17H18FNO3. The van der Waals surface area contributed by atoms with E-state index in [4.69, 9.17) is 9.47 Å². The average Bonchev–Trinajstić information content (AvgIpc) is 3.02. The van der Waals surface area contributed by atoms with Crippen molar-refractivity contribution in [1.29, 1.82) is 0 Å². The van der Waals surface area contributed by atoms with Gasteiger partial charge in [-0.15, -0.1) is 0 Å². The number of rotatable bonds is 3. The minimum Gasteiger partial charge on any atom is -0.454 e. The van der Waals surface area contributed by atoms with Crippen molar-refractivity contribution in [1.82, 2.24) is 4.90 Å².